The SMILES string of the molecule is CCCC/C=C\CCCCCCCC(=O)OCC(COCCC(C(=O)[O-])[N+](C)(C)C)OC(=O)CCCCCCC/C=C\C/C=C\CCCCC. The van der Waals surface area contributed by atoms with Gasteiger partial charge in [-0.1, -0.05) is 115 Å². The zero-order valence-electron chi connectivity index (χ0n) is 32.8. The second kappa shape index (κ2) is 33.7. The number of carboxylic acids is 1. The van der Waals surface area contributed by atoms with E-state index < -0.39 is 18.1 Å². The topological polar surface area (TPSA) is 102 Å². The maximum Gasteiger partial charge on any atom is 0.306 e. The van der Waals surface area contributed by atoms with Gasteiger partial charge in [-0.15, -0.1) is 0 Å². The Bertz CT molecular complexity index is 922. The average Bonchev–Trinajstić information content (AvgIpc) is 3.06. The molecule has 0 aliphatic carbocycles. The van der Waals surface area contributed by atoms with Gasteiger partial charge < -0.3 is 28.6 Å². The number of esters is 2. The molecule has 0 aliphatic heterocycles. The molecule has 2 atom stereocenters. The average molecular weight is 706 g/mol. The predicted octanol–water partition coefficient (Wildman–Crippen LogP) is 8.96. The van der Waals surface area contributed by atoms with Crippen LogP contribution in [0, 0.1) is 0 Å². The molecule has 0 radical (unpaired) electrons. The van der Waals surface area contributed by atoms with Crippen LogP contribution in [0.2, 0.25) is 0 Å². The third kappa shape index (κ3) is 31.5. The van der Waals surface area contributed by atoms with Crippen molar-refractivity contribution < 1.29 is 38.2 Å². The molecule has 290 valence electrons. The lowest BCUT2D eigenvalue weighted by molar-refractivity contribution is -0.889. The van der Waals surface area contributed by atoms with Gasteiger partial charge in [-0.3, -0.25) is 9.59 Å². The maximum absolute atomic E-state index is 12.7. The molecule has 50 heavy (non-hydrogen) atoms. The van der Waals surface area contributed by atoms with Crippen LogP contribution in [0.5, 0.6) is 0 Å². The molecule has 0 N–H and O–H groups in total. The van der Waals surface area contributed by atoms with Crippen LogP contribution in [0.4, 0.5) is 0 Å². The van der Waals surface area contributed by atoms with E-state index in [-0.39, 0.29) is 42.7 Å². The van der Waals surface area contributed by atoms with Gasteiger partial charge in [0.25, 0.3) is 0 Å². The Balaban J connectivity index is 4.44. The van der Waals surface area contributed by atoms with E-state index in [0.717, 1.165) is 77.0 Å². The number of aliphatic carboxylic acids is 1. The lowest BCUT2D eigenvalue weighted by Crippen LogP contribution is -2.55. The van der Waals surface area contributed by atoms with Gasteiger partial charge in [-0.2, -0.15) is 0 Å². The van der Waals surface area contributed by atoms with Crippen LogP contribution < -0.4 is 5.11 Å². The first-order chi connectivity index (χ1) is 24.1. The predicted molar refractivity (Wildman–Crippen MR) is 203 cm³/mol. The van der Waals surface area contributed by atoms with Crippen molar-refractivity contribution in [2.24, 2.45) is 0 Å². The highest BCUT2D eigenvalue weighted by Gasteiger charge is 2.25. The summed E-state index contributed by atoms with van der Waals surface area (Å²) in [7, 11) is 5.39. The summed E-state index contributed by atoms with van der Waals surface area (Å²) in [5, 5.41) is 11.6. The molecular formula is C42H75NO7. The molecule has 8 heteroatoms. The fourth-order valence-electron chi connectivity index (χ4n) is 5.55. The lowest BCUT2D eigenvalue weighted by atomic mass is 10.1. The Morgan fingerprint density at radius 1 is 0.600 bits per heavy atom. The molecule has 0 bridgehead atoms. The van der Waals surface area contributed by atoms with E-state index in [0.29, 0.717) is 12.8 Å². The normalized spacial score (nSPS) is 13.4. The zero-order chi connectivity index (χ0) is 37.1. The molecule has 8 nitrogen and oxygen atoms in total. The summed E-state index contributed by atoms with van der Waals surface area (Å²) >= 11 is 0. The molecule has 0 aromatic rings. The number of quaternary nitrogens is 1. The summed E-state index contributed by atoms with van der Waals surface area (Å²) in [6.07, 6.45) is 35.9. The number of carboxylic acid groups (broad SMARTS) is 1. The number of hydrogen-bond donors (Lipinski definition) is 0. The summed E-state index contributed by atoms with van der Waals surface area (Å²) in [5.41, 5.74) is 0. The fraction of sp³-hybridized carbons (Fsp3) is 0.786. The highest BCUT2D eigenvalue weighted by molar-refractivity contribution is 5.70. The van der Waals surface area contributed by atoms with E-state index in [4.69, 9.17) is 14.2 Å². The zero-order valence-corrected chi connectivity index (χ0v) is 32.8. The Morgan fingerprint density at radius 3 is 1.62 bits per heavy atom. The molecule has 0 aromatic heterocycles. The molecule has 0 amide bonds. The second-order valence-corrected chi connectivity index (χ2v) is 14.5. The van der Waals surface area contributed by atoms with Crippen LogP contribution in [0.1, 0.15) is 162 Å². The highest BCUT2D eigenvalue weighted by atomic mass is 16.6. The Kier molecular flexibility index (Phi) is 32.0. The number of nitrogens with zero attached hydrogens (tertiary/aromatic N) is 1. The first-order valence-electron chi connectivity index (χ1n) is 20.0. The fourth-order valence-corrected chi connectivity index (χ4v) is 5.55. The summed E-state index contributed by atoms with van der Waals surface area (Å²) in [6.45, 7) is 4.56. The van der Waals surface area contributed by atoms with E-state index in [1.807, 2.05) is 0 Å². The lowest BCUT2D eigenvalue weighted by Gasteiger charge is -2.34. The minimum Gasteiger partial charge on any atom is -0.544 e. The number of hydrogen-bond acceptors (Lipinski definition) is 7. The van der Waals surface area contributed by atoms with Gasteiger partial charge in [0, 0.05) is 19.3 Å². The van der Waals surface area contributed by atoms with E-state index in [1.165, 1.54) is 51.4 Å². The second-order valence-electron chi connectivity index (χ2n) is 14.5. The van der Waals surface area contributed by atoms with Crippen LogP contribution in [0.25, 0.3) is 0 Å². The van der Waals surface area contributed by atoms with Crippen LogP contribution in [-0.4, -0.2) is 75.5 Å². The number of ether oxygens (including phenoxy) is 3. The summed E-state index contributed by atoms with van der Waals surface area (Å²) in [5.74, 6) is -1.77. The van der Waals surface area contributed by atoms with E-state index in [1.54, 1.807) is 21.1 Å². The van der Waals surface area contributed by atoms with E-state index >= 15 is 0 Å². The molecule has 0 aromatic carbocycles. The molecule has 0 fully saturated rings. The van der Waals surface area contributed by atoms with Gasteiger partial charge in [-0.05, 0) is 64.2 Å². The van der Waals surface area contributed by atoms with Gasteiger partial charge in [0.2, 0.25) is 0 Å². The third-order valence-electron chi connectivity index (χ3n) is 8.75. The molecule has 2 unspecified atom stereocenters. The molecule has 0 aliphatic rings. The van der Waals surface area contributed by atoms with Gasteiger partial charge in [0.05, 0.1) is 40.3 Å². The standard InChI is InChI=1S/C42H75NO7/c1-6-8-10-12-14-16-18-19-20-21-23-25-27-29-31-33-41(45)50-38(36-48-35-34-39(42(46)47)43(3,4)5)37-49-40(44)32-30-28-26-24-22-17-15-13-11-9-7-2/h13-16,19-20,38-39H,6-12,17-18,21-37H2,1-5H3/b15-13-,16-14-,20-19-. The van der Waals surface area contributed by atoms with Crippen molar-refractivity contribution in [3.05, 3.63) is 36.5 Å². The Morgan fingerprint density at radius 2 is 1.08 bits per heavy atom. The van der Waals surface area contributed by atoms with Crippen LogP contribution in [-0.2, 0) is 28.6 Å². The van der Waals surface area contributed by atoms with Crippen molar-refractivity contribution in [2.75, 3.05) is 41.0 Å². The van der Waals surface area contributed by atoms with Crippen LogP contribution in [0.3, 0.4) is 0 Å². The largest absolute Gasteiger partial charge is 0.544 e. The number of likely N-dealkylation sites (N-methyl/N-ethyl adjacent to an activating group) is 1. The number of allylic oxidation sites excluding steroid dienone is 6. The quantitative estimate of drug-likeness (QED) is 0.0281. The highest BCUT2D eigenvalue weighted by Crippen LogP contribution is 2.12. The Labute approximate surface area is 306 Å². The van der Waals surface area contributed by atoms with Crippen molar-refractivity contribution in [3.63, 3.8) is 0 Å². The monoisotopic (exact) mass is 706 g/mol. The number of unbranched alkanes of at least 4 members (excludes halogenated alkanes) is 15. The van der Waals surface area contributed by atoms with Crippen molar-refractivity contribution in [1.82, 2.24) is 0 Å². The molecule has 0 saturated carbocycles. The minimum atomic E-state index is -1.13. The summed E-state index contributed by atoms with van der Waals surface area (Å²) in [6, 6.07) is -0.727. The van der Waals surface area contributed by atoms with Gasteiger partial charge >= 0.3 is 11.9 Å². The van der Waals surface area contributed by atoms with Crippen molar-refractivity contribution in [3.8, 4) is 0 Å². The van der Waals surface area contributed by atoms with E-state index in [9.17, 15) is 19.5 Å². The molecular weight excluding hydrogens is 630 g/mol. The first-order valence-corrected chi connectivity index (χ1v) is 20.0. The van der Waals surface area contributed by atoms with Gasteiger partial charge in [-0.25, -0.2) is 0 Å². The number of carbonyl (C=O) groups excluding carboxylic acids is 3. The van der Waals surface area contributed by atoms with Crippen LogP contribution in [0.15, 0.2) is 36.5 Å². The number of rotatable bonds is 35. The Hall–Kier alpha value is -2.45. The molecule has 0 heterocycles. The maximum atomic E-state index is 12.7. The molecule has 0 spiro atoms. The van der Waals surface area contributed by atoms with Crippen molar-refractivity contribution in [2.45, 2.75) is 174 Å². The van der Waals surface area contributed by atoms with Crippen LogP contribution >= 0.6 is 0 Å². The van der Waals surface area contributed by atoms with Crippen molar-refractivity contribution >= 4 is 17.9 Å². The van der Waals surface area contributed by atoms with E-state index in [2.05, 4.69) is 50.3 Å². The molecule has 0 rings (SSSR count). The summed E-state index contributed by atoms with van der Waals surface area (Å²) < 4.78 is 17.1. The number of carbonyl (C=O) groups is 3. The minimum absolute atomic E-state index is 0.0327. The summed E-state index contributed by atoms with van der Waals surface area (Å²) in [4.78, 5) is 36.7. The smallest absolute Gasteiger partial charge is 0.306 e. The first kappa shape index (κ1) is 47.5. The van der Waals surface area contributed by atoms with Crippen molar-refractivity contribution in [1.29, 1.82) is 0 Å². The van der Waals surface area contributed by atoms with Gasteiger partial charge in [0.15, 0.2) is 6.10 Å². The van der Waals surface area contributed by atoms with Gasteiger partial charge in [0.1, 0.15) is 12.6 Å². The third-order valence-corrected chi connectivity index (χ3v) is 8.75. The molecule has 0 saturated heterocycles.